The number of H-pyrrole nitrogens is 1. The molecule has 1 amide bonds. The molecule has 0 spiro atoms. The van der Waals surface area contributed by atoms with Crippen LogP contribution in [-0.2, 0) is 0 Å². The Hall–Kier alpha value is -2.57. The number of rotatable bonds is 4. The lowest BCUT2D eigenvalue weighted by molar-refractivity contribution is 0.0728. The van der Waals surface area contributed by atoms with E-state index in [1.54, 1.807) is 14.2 Å². The average molecular weight is 302 g/mol. The van der Waals surface area contributed by atoms with E-state index in [1.807, 2.05) is 23.1 Å². The lowest BCUT2D eigenvalue weighted by Crippen LogP contribution is -2.31. The highest BCUT2D eigenvalue weighted by Crippen LogP contribution is 2.39. The molecule has 0 saturated carbocycles. The number of amides is 1. The molecular formula is C15H18N4O3. The summed E-state index contributed by atoms with van der Waals surface area (Å²) in [6.45, 7) is 0.691. The van der Waals surface area contributed by atoms with Crippen LogP contribution in [0.25, 0.3) is 0 Å². The quantitative estimate of drug-likeness (QED) is 0.931. The first-order valence-electron chi connectivity index (χ1n) is 7.13. The molecule has 116 valence electrons. The normalized spacial score (nSPS) is 17.5. The monoisotopic (exact) mass is 302 g/mol. The fourth-order valence-electron chi connectivity index (χ4n) is 2.88. The summed E-state index contributed by atoms with van der Waals surface area (Å²) in [6.07, 6.45) is 3.27. The van der Waals surface area contributed by atoms with Crippen molar-refractivity contribution in [2.45, 2.75) is 18.9 Å². The van der Waals surface area contributed by atoms with Crippen LogP contribution < -0.4 is 9.47 Å². The first kappa shape index (κ1) is 14.4. The maximum Gasteiger partial charge on any atom is 0.276 e. The first-order valence-corrected chi connectivity index (χ1v) is 7.13. The third-order valence-corrected chi connectivity index (χ3v) is 3.94. The van der Waals surface area contributed by atoms with Gasteiger partial charge in [0.05, 0.1) is 26.5 Å². The van der Waals surface area contributed by atoms with Crippen LogP contribution in [0.1, 0.15) is 34.9 Å². The third kappa shape index (κ3) is 2.49. The molecule has 22 heavy (non-hydrogen) atoms. The smallest absolute Gasteiger partial charge is 0.276 e. The minimum atomic E-state index is -0.124. The molecule has 1 fully saturated rings. The Balaban J connectivity index is 1.94. The first-order chi connectivity index (χ1) is 10.7. The van der Waals surface area contributed by atoms with E-state index in [1.165, 1.54) is 6.20 Å². The fraction of sp³-hybridized carbons (Fsp3) is 0.400. The second-order valence-electron chi connectivity index (χ2n) is 5.12. The Morgan fingerprint density at radius 1 is 1.36 bits per heavy atom. The molecule has 0 radical (unpaired) electrons. The number of benzene rings is 1. The lowest BCUT2D eigenvalue weighted by Gasteiger charge is -2.26. The highest BCUT2D eigenvalue weighted by molar-refractivity contribution is 5.92. The molecule has 1 aliphatic rings. The number of likely N-dealkylation sites (tertiary alicyclic amines) is 1. The Labute approximate surface area is 128 Å². The molecule has 0 unspecified atom stereocenters. The molecule has 1 N–H and O–H groups in total. The predicted molar refractivity (Wildman–Crippen MR) is 78.9 cm³/mol. The summed E-state index contributed by atoms with van der Waals surface area (Å²) in [5.41, 5.74) is 1.28. The molecule has 1 aromatic heterocycles. The number of aromatic nitrogens is 3. The molecule has 3 rings (SSSR count). The van der Waals surface area contributed by atoms with Crippen molar-refractivity contribution >= 4 is 5.91 Å². The number of carbonyl (C=O) groups is 1. The van der Waals surface area contributed by atoms with Gasteiger partial charge in [-0.1, -0.05) is 0 Å². The topological polar surface area (TPSA) is 80.3 Å². The summed E-state index contributed by atoms with van der Waals surface area (Å²) in [6, 6.07) is 5.60. The maximum absolute atomic E-state index is 12.6. The van der Waals surface area contributed by atoms with E-state index in [9.17, 15) is 4.79 Å². The van der Waals surface area contributed by atoms with E-state index in [0.29, 0.717) is 12.2 Å². The largest absolute Gasteiger partial charge is 0.497 e. The summed E-state index contributed by atoms with van der Waals surface area (Å²) in [4.78, 5) is 14.4. The minimum Gasteiger partial charge on any atom is -0.497 e. The molecule has 0 bridgehead atoms. The molecule has 1 saturated heterocycles. The Kier molecular flexibility index (Phi) is 3.95. The standard InChI is InChI=1S/C15H18N4O3/c1-21-10-5-6-14(22-2)11(8-10)13-4-3-7-19(13)15(20)12-9-16-18-17-12/h5-6,8-9,13H,3-4,7H2,1-2H3,(H,16,17,18)/t13-/m0/s1. The van der Waals surface area contributed by atoms with Crippen molar-refractivity contribution in [3.63, 3.8) is 0 Å². The SMILES string of the molecule is COc1ccc(OC)c([C@@H]2CCCN2C(=O)c2cn[nH]n2)c1. The summed E-state index contributed by atoms with van der Waals surface area (Å²) in [5, 5.41) is 10.1. The van der Waals surface area contributed by atoms with Crippen LogP contribution in [-0.4, -0.2) is 47.0 Å². The zero-order valence-corrected chi connectivity index (χ0v) is 12.6. The Morgan fingerprint density at radius 2 is 2.23 bits per heavy atom. The Morgan fingerprint density at radius 3 is 2.91 bits per heavy atom. The number of ether oxygens (including phenoxy) is 2. The number of hydrogen-bond donors (Lipinski definition) is 1. The van der Waals surface area contributed by atoms with E-state index in [-0.39, 0.29) is 11.9 Å². The molecule has 1 aromatic carbocycles. The zero-order valence-electron chi connectivity index (χ0n) is 12.6. The summed E-state index contributed by atoms with van der Waals surface area (Å²) < 4.78 is 10.7. The number of methoxy groups -OCH3 is 2. The molecule has 7 nitrogen and oxygen atoms in total. The summed E-state index contributed by atoms with van der Waals surface area (Å²) >= 11 is 0. The van der Waals surface area contributed by atoms with E-state index in [4.69, 9.17) is 9.47 Å². The van der Waals surface area contributed by atoms with Crippen LogP contribution in [0.4, 0.5) is 0 Å². The lowest BCUT2D eigenvalue weighted by atomic mass is 10.0. The van der Waals surface area contributed by atoms with Gasteiger partial charge in [-0.3, -0.25) is 4.79 Å². The predicted octanol–water partition coefficient (Wildman–Crippen LogP) is 1.80. The van der Waals surface area contributed by atoms with Crippen LogP contribution in [0.2, 0.25) is 0 Å². The summed E-state index contributed by atoms with van der Waals surface area (Å²) in [7, 11) is 3.25. The highest BCUT2D eigenvalue weighted by Gasteiger charge is 2.33. The average Bonchev–Trinajstić information content (AvgIpc) is 3.24. The summed E-state index contributed by atoms with van der Waals surface area (Å²) in [5.74, 6) is 1.38. The van der Waals surface area contributed by atoms with Crippen LogP contribution in [0.15, 0.2) is 24.4 Å². The fourth-order valence-corrected chi connectivity index (χ4v) is 2.88. The van der Waals surface area contributed by atoms with Gasteiger partial charge in [-0.05, 0) is 31.0 Å². The number of aromatic amines is 1. The van der Waals surface area contributed by atoms with Gasteiger partial charge in [0.1, 0.15) is 11.5 Å². The van der Waals surface area contributed by atoms with Gasteiger partial charge in [-0.15, -0.1) is 0 Å². The van der Waals surface area contributed by atoms with Crippen LogP contribution in [0, 0.1) is 0 Å². The Bertz CT molecular complexity index is 657. The minimum absolute atomic E-state index is 0.0470. The molecular weight excluding hydrogens is 284 g/mol. The van der Waals surface area contributed by atoms with Crippen molar-refractivity contribution in [3.05, 3.63) is 35.7 Å². The van der Waals surface area contributed by atoms with Crippen LogP contribution in [0.3, 0.4) is 0 Å². The number of nitrogens with zero attached hydrogens (tertiary/aromatic N) is 3. The van der Waals surface area contributed by atoms with Crippen molar-refractivity contribution < 1.29 is 14.3 Å². The molecule has 1 aliphatic heterocycles. The number of nitrogens with one attached hydrogen (secondary N) is 1. The van der Waals surface area contributed by atoms with Gasteiger partial charge < -0.3 is 14.4 Å². The number of hydrogen-bond acceptors (Lipinski definition) is 5. The van der Waals surface area contributed by atoms with Crippen molar-refractivity contribution in [1.29, 1.82) is 0 Å². The maximum atomic E-state index is 12.6. The second-order valence-corrected chi connectivity index (χ2v) is 5.12. The highest BCUT2D eigenvalue weighted by atomic mass is 16.5. The van der Waals surface area contributed by atoms with E-state index in [2.05, 4.69) is 15.4 Å². The van der Waals surface area contributed by atoms with Crippen LogP contribution >= 0.6 is 0 Å². The molecule has 2 aromatic rings. The van der Waals surface area contributed by atoms with Gasteiger partial charge >= 0.3 is 0 Å². The molecule has 0 aliphatic carbocycles. The number of carbonyl (C=O) groups excluding carboxylic acids is 1. The van der Waals surface area contributed by atoms with Crippen LogP contribution in [0.5, 0.6) is 11.5 Å². The van der Waals surface area contributed by atoms with Gasteiger partial charge in [0, 0.05) is 12.1 Å². The van der Waals surface area contributed by atoms with Gasteiger partial charge in [0.2, 0.25) is 0 Å². The second kappa shape index (κ2) is 6.05. The van der Waals surface area contributed by atoms with Gasteiger partial charge in [0.15, 0.2) is 5.69 Å². The third-order valence-electron chi connectivity index (χ3n) is 3.94. The van der Waals surface area contributed by atoms with E-state index < -0.39 is 0 Å². The van der Waals surface area contributed by atoms with Crippen molar-refractivity contribution in [3.8, 4) is 11.5 Å². The van der Waals surface area contributed by atoms with E-state index >= 15 is 0 Å². The van der Waals surface area contributed by atoms with Crippen molar-refractivity contribution in [2.24, 2.45) is 0 Å². The van der Waals surface area contributed by atoms with E-state index in [0.717, 1.165) is 29.9 Å². The van der Waals surface area contributed by atoms with Crippen molar-refractivity contribution in [1.82, 2.24) is 20.3 Å². The molecule has 1 atom stereocenters. The molecule has 7 heteroatoms. The molecule has 2 heterocycles. The van der Waals surface area contributed by atoms with Gasteiger partial charge in [0.25, 0.3) is 5.91 Å². The van der Waals surface area contributed by atoms with Gasteiger partial charge in [-0.2, -0.15) is 15.4 Å². The zero-order chi connectivity index (χ0) is 15.5. The van der Waals surface area contributed by atoms with Crippen molar-refractivity contribution in [2.75, 3.05) is 20.8 Å². The van der Waals surface area contributed by atoms with Gasteiger partial charge in [-0.25, -0.2) is 0 Å².